The molecule has 0 radical (unpaired) electrons. The van der Waals surface area contributed by atoms with Crippen LogP contribution in [0.25, 0.3) is 0 Å². The zero-order valence-corrected chi connectivity index (χ0v) is 20.1. The first-order chi connectivity index (χ1) is 15.7. The standard InChI is InChI=1S/C19H11Cl5F3N3O4/c20-8-3-7(4-9(21)5-8)13-14(18(13,23)24)16(32)28-10-1-2-12(22)11(6-10)15(31)29-30-17(33)34-19(25,26)27/h1-6,13-14H,(H,28,32)(H,29,31)(H,30,33). The Morgan fingerprint density at radius 2 is 1.56 bits per heavy atom. The first-order valence-electron chi connectivity index (χ1n) is 8.99. The summed E-state index contributed by atoms with van der Waals surface area (Å²) in [5, 5.41) is 3.08. The van der Waals surface area contributed by atoms with E-state index >= 15 is 0 Å². The molecule has 2 atom stereocenters. The summed E-state index contributed by atoms with van der Waals surface area (Å²) in [4.78, 5) is 36.0. The monoisotopic (exact) mass is 577 g/mol. The highest BCUT2D eigenvalue weighted by Crippen LogP contribution is 2.65. The van der Waals surface area contributed by atoms with Crippen LogP contribution in [0.15, 0.2) is 36.4 Å². The SMILES string of the molecule is O=C(NNC(=O)c1cc(NC(=O)C2C(c3cc(Cl)cc(Cl)c3)C2(Cl)Cl)ccc1Cl)OC(F)(F)F. The number of hydrazine groups is 1. The number of rotatable bonds is 4. The molecule has 1 aliphatic carbocycles. The molecule has 15 heteroatoms. The molecule has 0 heterocycles. The van der Waals surface area contributed by atoms with E-state index in [-0.39, 0.29) is 16.3 Å². The quantitative estimate of drug-likeness (QED) is 0.303. The van der Waals surface area contributed by atoms with Gasteiger partial charge in [-0.25, -0.2) is 10.2 Å². The molecule has 182 valence electrons. The van der Waals surface area contributed by atoms with Gasteiger partial charge in [-0.2, -0.15) is 0 Å². The van der Waals surface area contributed by atoms with Crippen molar-refractivity contribution in [3.63, 3.8) is 0 Å². The van der Waals surface area contributed by atoms with Gasteiger partial charge < -0.3 is 10.1 Å². The van der Waals surface area contributed by atoms with Crippen molar-refractivity contribution in [3.8, 4) is 0 Å². The molecule has 34 heavy (non-hydrogen) atoms. The molecular formula is C19H11Cl5F3N3O4. The lowest BCUT2D eigenvalue weighted by atomic mass is 10.1. The van der Waals surface area contributed by atoms with Gasteiger partial charge in [0.25, 0.3) is 5.91 Å². The predicted molar refractivity (Wildman–Crippen MR) is 120 cm³/mol. The number of anilines is 1. The van der Waals surface area contributed by atoms with Crippen LogP contribution in [0.5, 0.6) is 0 Å². The molecule has 3 N–H and O–H groups in total. The van der Waals surface area contributed by atoms with E-state index in [9.17, 15) is 27.6 Å². The smallest absolute Gasteiger partial charge is 0.355 e. The van der Waals surface area contributed by atoms with Crippen LogP contribution in [0.3, 0.4) is 0 Å². The van der Waals surface area contributed by atoms with E-state index < -0.39 is 40.4 Å². The average molecular weight is 580 g/mol. The predicted octanol–water partition coefficient (Wildman–Crippen LogP) is 6.06. The topological polar surface area (TPSA) is 96.5 Å². The molecule has 0 aliphatic heterocycles. The van der Waals surface area contributed by atoms with Crippen molar-refractivity contribution >= 4 is 81.6 Å². The minimum absolute atomic E-state index is 0.0938. The van der Waals surface area contributed by atoms with Crippen LogP contribution in [0.1, 0.15) is 21.8 Å². The van der Waals surface area contributed by atoms with Crippen LogP contribution in [0.2, 0.25) is 15.1 Å². The maximum Gasteiger partial charge on any atom is 0.576 e. The minimum atomic E-state index is -5.24. The number of alkyl halides is 5. The van der Waals surface area contributed by atoms with Crippen LogP contribution in [-0.4, -0.2) is 28.6 Å². The Bertz CT molecular complexity index is 1140. The van der Waals surface area contributed by atoms with Crippen LogP contribution in [-0.2, 0) is 9.53 Å². The van der Waals surface area contributed by atoms with E-state index in [0.29, 0.717) is 15.6 Å². The Balaban J connectivity index is 1.69. The lowest BCUT2D eigenvalue weighted by Gasteiger charge is -2.12. The van der Waals surface area contributed by atoms with Gasteiger partial charge in [-0.05, 0) is 42.0 Å². The maximum atomic E-state index is 12.8. The van der Waals surface area contributed by atoms with Crippen molar-refractivity contribution in [2.45, 2.75) is 16.6 Å². The van der Waals surface area contributed by atoms with E-state index in [1.807, 2.05) is 0 Å². The third kappa shape index (κ3) is 6.31. The van der Waals surface area contributed by atoms with E-state index in [4.69, 9.17) is 58.0 Å². The molecule has 0 bridgehead atoms. The molecule has 3 amide bonds. The Morgan fingerprint density at radius 1 is 0.941 bits per heavy atom. The Morgan fingerprint density at radius 3 is 2.15 bits per heavy atom. The van der Waals surface area contributed by atoms with Crippen molar-refractivity contribution in [1.29, 1.82) is 0 Å². The molecule has 1 fully saturated rings. The number of ether oxygens (including phenoxy) is 1. The third-order valence-electron chi connectivity index (χ3n) is 4.55. The largest absolute Gasteiger partial charge is 0.576 e. The van der Waals surface area contributed by atoms with Crippen LogP contribution in [0.4, 0.5) is 23.7 Å². The number of halogens is 8. The summed E-state index contributed by atoms with van der Waals surface area (Å²) >= 11 is 30.5. The highest BCUT2D eigenvalue weighted by atomic mass is 35.5. The van der Waals surface area contributed by atoms with Crippen molar-refractivity contribution in [2.75, 3.05) is 5.32 Å². The lowest BCUT2D eigenvalue weighted by Crippen LogP contribution is -2.43. The number of benzene rings is 2. The van der Waals surface area contributed by atoms with Crippen LogP contribution >= 0.6 is 58.0 Å². The second-order valence-corrected chi connectivity index (χ2v) is 9.66. The molecular weight excluding hydrogens is 568 g/mol. The number of carbonyl (C=O) groups excluding carboxylic acids is 3. The molecule has 1 saturated carbocycles. The zero-order chi connectivity index (χ0) is 25.4. The molecule has 0 saturated heterocycles. The first-order valence-corrected chi connectivity index (χ1v) is 10.9. The van der Waals surface area contributed by atoms with Gasteiger partial charge in [0, 0.05) is 21.7 Å². The number of carbonyl (C=O) groups is 3. The molecule has 3 rings (SSSR count). The summed E-state index contributed by atoms with van der Waals surface area (Å²) in [5.41, 5.74) is 3.49. The average Bonchev–Trinajstić information content (AvgIpc) is 3.27. The van der Waals surface area contributed by atoms with Gasteiger partial charge in [-0.3, -0.25) is 15.0 Å². The van der Waals surface area contributed by atoms with E-state index in [2.05, 4.69) is 10.1 Å². The molecule has 1 aliphatic rings. The van der Waals surface area contributed by atoms with Crippen LogP contribution in [0, 0.1) is 5.92 Å². The van der Waals surface area contributed by atoms with Gasteiger partial charge in [-0.15, -0.1) is 36.4 Å². The summed E-state index contributed by atoms with van der Waals surface area (Å²) in [5.74, 6) is -3.18. The fraction of sp³-hybridized carbons (Fsp3) is 0.211. The van der Waals surface area contributed by atoms with Crippen molar-refractivity contribution in [3.05, 3.63) is 62.6 Å². The van der Waals surface area contributed by atoms with Crippen LogP contribution < -0.4 is 16.2 Å². The number of amides is 3. The normalized spacial score (nSPS) is 18.6. The number of hydrogen-bond acceptors (Lipinski definition) is 4. The highest BCUT2D eigenvalue weighted by molar-refractivity contribution is 6.53. The minimum Gasteiger partial charge on any atom is -0.355 e. The number of nitrogens with one attached hydrogen (secondary N) is 3. The fourth-order valence-corrected chi connectivity index (χ4v) is 4.70. The highest BCUT2D eigenvalue weighted by Gasteiger charge is 2.67. The summed E-state index contributed by atoms with van der Waals surface area (Å²) in [7, 11) is 0. The summed E-state index contributed by atoms with van der Waals surface area (Å²) in [6.07, 6.45) is -7.21. The van der Waals surface area contributed by atoms with Gasteiger partial charge in [0.15, 0.2) is 0 Å². The van der Waals surface area contributed by atoms with E-state index in [1.54, 1.807) is 17.6 Å². The summed E-state index contributed by atoms with van der Waals surface area (Å²) in [6, 6.07) is 8.39. The second-order valence-electron chi connectivity index (χ2n) is 6.93. The van der Waals surface area contributed by atoms with Gasteiger partial charge in [0.05, 0.1) is 16.5 Å². The Hall–Kier alpha value is -2.11. The van der Waals surface area contributed by atoms with Crippen molar-refractivity contribution in [2.24, 2.45) is 5.92 Å². The molecule has 2 aromatic carbocycles. The first kappa shape index (κ1) is 26.5. The Kier molecular flexibility index (Phi) is 7.69. The lowest BCUT2D eigenvalue weighted by molar-refractivity contribution is -0.291. The van der Waals surface area contributed by atoms with Gasteiger partial charge in [0.1, 0.15) is 4.33 Å². The molecule has 0 spiro atoms. The molecule has 2 aromatic rings. The van der Waals surface area contributed by atoms with Crippen molar-refractivity contribution < 1.29 is 32.3 Å². The summed E-state index contributed by atoms with van der Waals surface area (Å²) < 4.78 is 37.6. The summed E-state index contributed by atoms with van der Waals surface area (Å²) in [6.45, 7) is 0. The third-order valence-corrected chi connectivity index (χ3v) is 6.25. The van der Waals surface area contributed by atoms with Gasteiger partial charge in [0.2, 0.25) is 5.91 Å². The van der Waals surface area contributed by atoms with Crippen molar-refractivity contribution in [1.82, 2.24) is 10.9 Å². The van der Waals surface area contributed by atoms with Gasteiger partial charge >= 0.3 is 12.5 Å². The maximum absolute atomic E-state index is 12.8. The molecule has 7 nitrogen and oxygen atoms in total. The van der Waals surface area contributed by atoms with Gasteiger partial charge in [-0.1, -0.05) is 34.8 Å². The zero-order valence-electron chi connectivity index (χ0n) is 16.3. The van der Waals surface area contributed by atoms with E-state index in [1.165, 1.54) is 23.6 Å². The Labute approximate surface area is 214 Å². The van der Waals surface area contributed by atoms with E-state index in [0.717, 1.165) is 6.07 Å². The second kappa shape index (κ2) is 9.87. The number of hydrogen-bond donors (Lipinski definition) is 3. The fourth-order valence-electron chi connectivity index (χ4n) is 3.13. The molecule has 2 unspecified atom stereocenters. The molecule has 0 aromatic heterocycles.